The molecule has 0 aliphatic heterocycles. The molecule has 0 saturated heterocycles. The number of carbonyl (C=O) groups excluding carboxylic acids is 4. The molecular weight excluding hydrogens is 410 g/mol. The first-order chi connectivity index (χ1) is 14.4. The summed E-state index contributed by atoms with van der Waals surface area (Å²) in [6.07, 6.45) is 2.00. The molecule has 9 nitrogen and oxygen atoms in total. The fourth-order valence-corrected chi connectivity index (χ4v) is 2.91. The number of carbonyl (C=O) groups is 4. The molecule has 1 rings (SSSR count). The van der Waals surface area contributed by atoms with Crippen LogP contribution in [0.1, 0.15) is 24.8 Å². The Hall–Kier alpha value is -2.49. The first-order valence-corrected chi connectivity index (χ1v) is 10.3. The van der Waals surface area contributed by atoms with Gasteiger partial charge in [-0.15, -0.1) is 11.6 Å². The molecule has 3 amide bonds. The number of nitrogens with one attached hydrogen (secondary N) is 3. The maximum absolute atomic E-state index is 12.9. The van der Waals surface area contributed by atoms with Crippen molar-refractivity contribution in [3.8, 4) is 0 Å². The Kier molecular flexibility index (Phi) is 12.3. The summed E-state index contributed by atoms with van der Waals surface area (Å²) in [6, 6.07) is 7.44. The Morgan fingerprint density at radius 1 is 0.933 bits per heavy atom. The lowest BCUT2D eigenvalue weighted by Gasteiger charge is -2.23. The van der Waals surface area contributed by atoms with Crippen LogP contribution in [0.3, 0.4) is 0 Å². The zero-order valence-electron chi connectivity index (χ0n) is 16.9. The van der Waals surface area contributed by atoms with E-state index < -0.39 is 29.8 Å². The van der Waals surface area contributed by atoms with Crippen LogP contribution in [-0.4, -0.2) is 61.1 Å². The van der Waals surface area contributed by atoms with E-state index >= 15 is 0 Å². The fraction of sp³-hybridized carbons (Fsp3) is 0.500. The molecule has 0 aliphatic carbocycles. The van der Waals surface area contributed by atoms with Crippen molar-refractivity contribution < 1.29 is 19.2 Å². The highest BCUT2D eigenvalue weighted by molar-refractivity contribution is 6.28. The van der Waals surface area contributed by atoms with E-state index in [9.17, 15) is 19.2 Å². The number of ketones is 1. The highest BCUT2D eigenvalue weighted by Gasteiger charge is 2.26. The SMILES string of the molecule is NCCCCC(NC(=O)C(Cc1ccccc1)NC(=O)CNC(=O)CN)C(=O)CCl. The molecule has 0 aliphatic rings. The van der Waals surface area contributed by atoms with Crippen LogP contribution in [0.2, 0.25) is 0 Å². The minimum Gasteiger partial charge on any atom is -0.346 e. The van der Waals surface area contributed by atoms with Gasteiger partial charge in [0.15, 0.2) is 5.78 Å². The Morgan fingerprint density at radius 2 is 1.63 bits per heavy atom. The first kappa shape index (κ1) is 25.5. The van der Waals surface area contributed by atoms with Crippen LogP contribution in [0, 0.1) is 0 Å². The predicted octanol–water partition coefficient (Wildman–Crippen LogP) is -0.789. The lowest BCUT2D eigenvalue weighted by Crippen LogP contribution is -2.54. The zero-order chi connectivity index (χ0) is 22.4. The third-order valence-corrected chi connectivity index (χ3v) is 4.61. The van der Waals surface area contributed by atoms with Crippen molar-refractivity contribution in [1.82, 2.24) is 16.0 Å². The molecule has 7 N–H and O–H groups in total. The molecule has 2 atom stereocenters. The minimum atomic E-state index is -0.935. The maximum Gasteiger partial charge on any atom is 0.243 e. The van der Waals surface area contributed by atoms with Gasteiger partial charge in [0.2, 0.25) is 17.7 Å². The van der Waals surface area contributed by atoms with Gasteiger partial charge in [-0.2, -0.15) is 0 Å². The normalized spacial score (nSPS) is 12.5. The third kappa shape index (κ3) is 9.82. The van der Waals surface area contributed by atoms with Gasteiger partial charge in [0, 0.05) is 6.42 Å². The number of unbranched alkanes of at least 4 members (excludes halogenated alkanes) is 1. The Morgan fingerprint density at radius 3 is 2.23 bits per heavy atom. The second-order valence-electron chi connectivity index (χ2n) is 6.74. The standard InChI is InChI=1S/C20H30ClN5O4/c21-11-17(27)15(8-4-5-9-22)26-20(30)16(10-14-6-2-1-3-7-14)25-19(29)13-24-18(28)12-23/h1-3,6-7,15-16H,4-5,8-13,22-23H2,(H,24,28)(H,25,29)(H,26,30). The van der Waals surface area contributed by atoms with Gasteiger partial charge in [-0.25, -0.2) is 0 Å². The number of amides is 3. The molecule has 0 fully saturated rings. The van der Waals surface area contributed by atoms with E-state index in [1.807, 2.05) is 30.3 Å². The van der Waals surface area contributed by atoms with Gasteiger partial charge >= 0.3 is 0 Å². The lowest BCUT2D eigenvalue weighted by atomic mass is 10.0. The third-order valence-electron chi connectivity index (χ3n) is 4.35. The Balaban J connectivity index is 2.86. The lowest BCUT2D eigenvalue weighted by molar-refractivity contribution is -0.131. The molecule has 1 aromatic carbocycles. The molecular formula is C20H30ClN5O4. The van der Waals surface area contributed by atoms with Crippen LogP contribution in [0.15, 0.2) is 30.3 Å². The summed E-state index contributed by atoms with van der Waals surface area (Å²) in [6.45, 7) is -0.0711. The predicted molar refractivity (Wildman–Crippen MR) is 115 cm³/mol. The summed E-state index contributed by atoms with van der Waals surface area (Å²) >= 11 is 5.68. The number of nitrogens with two attached hydrogens (primary N) is 2. The van der Waals surface area contributed by atoms with E-state index in [1.165, 1.54) is 0 Å². The number of Topliss-reactive ketones (excluding diaryl/α,β-unsaturated/α-hetero) is 1. The van der Waals surface area contributed by atoms with E-state index in [2.05, 4.69) is 16.0 Å². The van der Waals surface area contributed by atoms with Gasteiger partial charge in [-0.3, -0.25) is 19.2 Å². The fourth-order valence-electron chi connectivity index (χ4n) is 2.73. The molecule has 0 heterocycles. The van der Waals surface area contributed by atoms with Crippen molar-refractivity contribution in [1.29, 1.82) is 0 Å². The molecule has 0 bridgehead atoms. The number of benzene rings is 1. The van der Waals surface area contributed by atoms with Crippen LogP contribution in [0.4, 0.5) is 0 Å². The van der Waals surface area contributed by atoms with Crippen molar-refractivity contribution in [3.05, 3.63) is 35.9 Å². The van der Waals surface area contributed by atoms with Crippen LogP contribution in [-0.2, 0) is 25.6 Å². The van der Waals surface area contributed by atoms with Gasteiger partial charge in [0.05, 0.1) is 25.0 Å². The number of alkyl halides is 1. The molecule has 2 unspecified atom stereocenters. The van der Waals surface area contributed by atoms with Gasteiger partial charge in [-0.05, 0) is 31.4 Å². The highest BCUT2D eigenvalue weighted by atomic mass is 35.5. The van der Waals surface area contributed by atoms with Crippen molar-refractivity contribution >= 4 is 35.1 Å². The largest absolute Gasteiger partial charge is 0.346 e. The van der Waals surface area contributed by atoms with Gasteiger partial charge in [-0.1, -0.05) is 30.3 Å². The smallest absolute Gasteiger partial charge is 0.243 e. The number of hydrogen-bond donors (Lipinski definition) is 5. The molecule has 10 heteroatoms. The van der Waals surface area contributed by atoms with E-state index in [-0.39, 0.29) is 31.2 Å². The number of hydrogen-bond acceptors (Lipinski definition) is 6. The summed E-state index contributed by atoms with van der Waals surface area (Å²) in [7, 11) is 0. The monoisotopic (exact) mass is 439 g/mol. The summed E-state index contributed by atoms with van der Waals surface area (Å²) in [5.41, 5.74) is 11.5. The van der Waals surface area contributed by atoms with Crippen molar-refractivity contribution in [2.45, 2.75) is 37.8 Å². The van der Waals surface area contributed by atoms with E-state index in [1.54, 1.807) is 0 Å². The first-order valence-electron chi connectivity index (χ1n) is 9.80. The summed E-state index contributed by atoms with van der Waals surface area (Å²) < 4.78 is 0. The highest BCUT2D eigenvalue weighted by Crippen LogP contribution is 2.07. The molecule has 30 heavy (non-hydrogen) atoms. The number of halogens is 1. The Bertz CT molecular complexity index is 702. The molecule has 0 saturated carbocycles. The average Bonchev–Trinajstić information content (AvgIpc) is 2.76. The second-order valence-corrected chi connectivity index (χ2v) is 7.00. The molecule has 166 valence electrons. The quantitative estimate of drug-likeness (QED) is 0.189. The van der Waals surface area contributed by atoms with E-state index in [4.69, 9.17) is 23.1 Å². The topological polar surface area (TPSA) is 156 Å². The van der Waals surface area contributed by atoms with Crippen molar-refractivity contribution in [3.63, 3.8) is 0 Å². The minimum absolute atomic E-state index is 0.216. The van der Waals surface area contributed by atoms with Crippen LogP contribution in [0.25, 0.3) is 0 Å². The van der Waals surface area contributed by atoms with Crippen molar-refractivity contribution in [2.24, 2.45) is 11.5 Å². The van der Waals surface area contributed by atoms with Crippen molar-refractivity contribution in [2.75, 3.05) is 25.5 Å². The van der Waals surface area contributed by atoms with Crippen LogP contribution >= 0.6 is 11.6 Å². The van der Waals surface area contributed by atoms with Gasteiger partial charge in [0.1, 0.15) is 6.04 Å². The van der Waals surface area contributed by atoms with Crippen LogP contribution in [0.5, 0.6) is 0 Å². The number of rotatable bonds is 14. The van der Waals surface area contributed by atoms with Gasteiger partial charge in [0.25, 0.3) is 0 Å². The molecule has 0 radical (unpaired) electrons. The maximum atomic E-state index is 12.9. The summed E-state index contributed by atoms with van der Waals surface area (Å²) in [5, 5.41) is 7.65. The van der Waals surface area contributed by atoms with E-state index in [0.29, 0.717) is 25.8 Å². The van der Waals surface area contributed by atoms with E-state index in [0.717, 1.165) is 5.56 Å². The molecule has 0 spiro atoms. The van der Waals surface area contributed by atoms with Gasteiger partial charge < -0.3 is 27.4 Å². The molecule has 1 aromatic rings. The second kappa shape index (κ2) is 14.5. The molecule has 0 aromatic heterocycles. The zero-order valence-corrected chi connectivity index (χ0v) is 17.6. The summed E-state index contributed by atoms with van der Waals surface area (Å²) in [4.78, 5) is 48.5. The van der Waals surface area contributed by atoms with Crippen LogP contribution < -0.4 is 27.4 Å². The average molecular weight is 440 g/mol. The summed E-state index contributed by atoms with van der Waals surface area (Å²) in [5.74, 6) is -2.07. The Labute approximate surface area is 181 Å².